The summed E-state index contributed by atoms with van der Waals surface area (Å²) in [7, 11) is 0. The molecule has 1 aromatic carbocycles. The van der Waals surface area contributed by atoms with Gasteiger partial charge in [0.15, 0.2) is 0 Å². The van der Waals surface area contributed by atoms with Crippen LogP contribution in [-0.2, 0) is 6.42 Å². The summed E-state index contributed by atoms with van der Waals surface area (Å²) < 4.78 is 0. The van der Waals surface area contributed by atoms with E-state index >= 15 is 0 Å². The smallest absolute Gasteiger partial charge is 0.339 e. The van der Waals surface area contributed by atoms with Gasteiger partial charge in [-0.25, -0.2) is 4.79 Å². The third kappa shape index (κ3) is 3.11. The van der Waals surface area contributed by atoms with Gasteiger partial charge >= 0.3 is 5.97 Å². The molecule has 0 saturated carbocycles. The number of carboxylic acid groups (broad SMARTS) is 1. The zero-order valence-corrected chi connectivity index (χ0v) is 13.9. The number of carboxylic acids is 1. The Bertz CT molecular complexity index is 685. The van der Waals surface area contributed by atoms with E-state index in [4.69, 9.17) is 0 Å². The lowest BCUT2D eigenvalue weighted by molar-refractivity contribution is 0.0692. The molecule has 0 aromatic heterocycles. The number of aromatic hydroxyl groups is 2. The average molecular weight is 316 g/mol. The van der Waals surface area contributed by atoms with Gasteiger partial charge in [-0.1, -0.05) is 37.1 Å². The average Bonchev–Trinajstić information content (AvgIpc) is 2.80. The Balaban J connectivity index is 2.65. The Labute approximate surface area is 136 Å². The van der Waals surface area contributed by atoms with Gasteiger partial charge in [-0.2, -0.15) is 0 Å². The fraction of sp³-hybridized carbons (Fsp3) is 0.421. The number of phenols is 2. The van der Waals surface area contributed by atoms with E-state index in [-0.39, 0.29) is 28.9 Å². The normalized spacial score (nSPS) is 20.4. The van der Waals surface area contributed by atoms with E-state index in [2.05, 4.69) is 6.58 Å². The summed E-state index contributed by atoms with van der Waals surface area (Å²) >= 11 is 0. The van der Waals surface area contributed by atoms with Crippen LogP contribution < -0.4 is 0 Å². The fourth-order valence-electron chi connectivity index (χ4n) is 3.49. The molecule has 4 nitrogen and oxygen atoms in total. The number of carbonyl (C=O) groups is 1. The molecule has 3 N–H and O–H groups in total. The van der Waals surface area contributed by atoms with Crippen LogP contribution >= 0.6 is 0 Å². The summed E-state index contributed by atoms with van der Waals surface area (Å²) in [6, 6.07) is 1.49. The lowest BCUT2D eigenvalue weighted by Gasteiger charge is -2.23. The zero-order chi connectivity index (χ0) is 17.3. The molecule has 2 rings (SSSR count). The van der Waals surface area contributed by atoms with Crippen molar-refractivity contribution in [3.05, 3.63) is 46.6 Å². The Morgan fingerprint density at radius 3 is 2.57 bits per heavy atom. The molecule has 0 bridgehead atoms. The minimum atomic E-state index is -1.17. The Kier molecular flexibility index (Phi) is 4.83. The van der Waals surface area contributed by atoms with E-state index < -0.39 is 5.97 Å². The summed E-state index contributed by atoms with van der Waals surface area (Å²) in [5.74, 6) is -1.72. The third-order valence-corrected chi connectivity index (χ3v) is 4.54. The van der Waals surface area contributed by atoms with Crippen LogP contribution in [-0.4, -0.2) is 21.3 Å². The van der Waals surface area contributed by atoms with Crippen LogP contribution in [0.3, 0.4) is 0 Å². The van der Waals surface area contributed by atoms with E-state index in [0.717, 1.165) is 24.0 Å². The predicted octanol–water partition coefficient (Wildman–Crippen LogP) is 4.37. The monoisotopic (exact) mass is 316 g/mol. The molecule has 4 heteroatoms. The van der Waals surface area contributed by atoms with Gasteiger partial charge in [0.2, 0.25) is 0 Å². The van der Waals surface area contributed by atoms with Crippen LogP contribution in [0.2, 0.25) is 0 Å². The molecule has 2 atom stereocenters. The number of hydrogen-bond acceptors (Lipinski definition) is 3. The molecule has 23 heavy (non-hydrogen) atoms. The zero-order valence-electron chi connectivity index (χ0n) is 13.9. The van der Waals surface area contributed by atoms with Gasteiger partial charge in [-0.05, 0) is 44.2 Å². The molecular formula is C19H24O4. The highest BCUT2D eigenvalue weighted by atomic mass is 16.4. The SMILES string of the molecule is C=C(C)[C@@H]1CC(C)=C[C@H]1c1c(O)cc(CCC)c(C(=O)O)c1O. The first-order chi connectivity index (χ1) is 10.8. The number of benzene rings is 1. The fourth-order valence-corrected chi connectivity index (χ4v) is 3.49. The number of aryl methyl sites for hydroxylation is 1. The molecule has 0 heterocycles. The van der Waals surface area contributed by atoms with E-state index in [1.807, 2.05) is 26.8 Å². The standard InChI is InChI=1S/C19H24O4/c1-5-6-12-9-15(20)17(18(21)16(12)19(22)23)14-8-11(4)7-13(14)10(2)3/h8-9,13-14,20-21H,2,5-7H2,1,3-4H3,(H,22,23)/t13-,14+/m0/s1. The predicted molar refractivity (Wildman–Crippen MR) is 90.1 cm³/mol. The number of rotatable bonds is 5. The molecule has 0 aliphatic heterocycles. The Morgan fingerprint density at radius 1 is 1.39 bits per heavy atom. The van der Waals surface area contributed by atoms with Gasteiger partial charge in [-0.3, -0.25) is 0 Å². The van der Waals surface area contributed by atoms with Gasteiger partial charge in [0.1, 0.15) is 17.1 Å². The summed E-state index contributed by atoms with van der Waals surface area (Å²) in [5, 5.41) is 30.5. The van der Waals surface area contributed by atoms with Crippen LogP contribution in [0, 0.1) is 5.92 Å². The van der Waals surface area contributed by atoms with Crippen molar-refractivity contribution >= 4 is 5.97 Å². The van der Waals surface area contributed by atoms with Crippen molar-refractivity contribution in [2.45, 2.75) is 46.0 Å². The highest BCUT2D eigenvalue weighted by Gasteiger charge is 2.34. The highest BCUT2D eigenvalue weighted by molar-refractivity contribution is 5.94. The maximum absolute atomic E-state index is 11.6. The van der Waals surface area contributed by atoms with Gasteiger partial charge in [0.05, 0.1) is 0 Å². The van der Waals surface area contributed by atoms with Crippen molar-refractivity contribution in [2.24, 2.45) is 5.92 Å². The molecule has 1 aliphatic rings. The van der Waals surface area contributed by atoms with Crippen molar-refractivity contribution < 1.29 is 20.1 Å². The van der Waals surface area contributed by atoms with E-state index in [9.17, 15) is 20.1 Å². The quantitative estimate of drug-likeness (QED) is 0.705. The molecule has 0 fully saturated rings. The van der Waals surface area contributed by atoms with E-state index in [1.165, 1.54) is 6.07 Å². The lowest BCUT2D eigenvalue weighted by atomic mass is 9.82. The van der Waals surface area contributed by atoms with Crippen LogP contribution in [0.25, 0.3) is 0 Å². The van der Waals surface area contributed by atoms with Crippen LogP contribution in [0.5, 0.6) is 11.5 Å². The Hall–Kier alpha value is -2.23. The van der Waals surface area contributed by atoms with E-state index in [1.54, 1.807) is 0 Å². The first-order valence-electron chi connectivity index (χ1n) is 7.91. The topological polar surface area (TPSA) is 77.8 Å². The Morgan fingerprint density at radius 2 is 2.04 bits per heavy atom. The number of phenolic OH excluding ortho intramolecular Hbond substituents is 1. The molecule has 0 saturated heterocycles. The number of allylic oxidation sites excluding steroid dienone is 3. The molecule has 1 aromatic rings. The van der Waals surface area contributed by atoms with Crippen molar-refractivity contribution in [2.75, 3.05) is 0 Å². The summed E-state index contributed by atoms with van der Waals surface area (Å²) in [6.45, 7) is 9.83. The van der Waals surface area contributed by atoms with Gasteiger partial charge < -0.3 is 15.3 Å². The highest BCUT2D eigenvalue weighted by Crippen LogP contribution is 2.49. The maximum Gasteiger partial charge on any atom is 0.339 e. The summed E-state index contributed by atoms with van der Waals surface area (Å²) in [4.78, 5) is 11.6. The van der Waals surface area contributed by atoms with Gasteiger partial charge in [-0.15, -0.1) is 0 Å². The van der Waals surface area contributed by atoms with Crippen LogP contribution in [0.15, 0.2) is 29.9 Å². The van der Waals surface area contributed by atoms with Gasteiger partial charge in [0, 0.05) is 11.5 Å². The van der Waals surface area contributed by atoms with Crippen LogP contribution in [0.4, 0.5) is 0 Å². The minimum Gasteiger partial charge on any atom is -0.507 e. The second kappa shape index (κ2) is 6.49. The molecule has 0 radical (unpaired) electrons. The minimum absolute atomic E-state index is 0.0434. The second-order valence-electron chi connectivity index (χ2n) is 6.44. The molecule has 0 spiro atoms. The summed E-state index contributed by atoms with van der Waals surface area (Å²) in [6.07, 6.45) is 4.01. The van der Waals surface area contributed by atoms with Crippen molar-refractivity contribution in [1.82, 2.24) is 0 Å². The first kappa shape index (κ1) is 17.1. The van der Waals surface area contributed by atoms with Crippen molar-refractivity contribution in [1.29, 1.82) is 0 Å². The first-order valence-corrected chi connectivity index (χ1v) is 7.91. The second-order valence-corrected chi connectivity index (χ2v) is 6.44. The van der Waals surface area contributed by atoms with E-state index in [0.29, 0.717) is 17.5 Å². The third-order valence-electron chi connectivity index (χ3n) is 4.54. The van der Waals surface area contributed by atoms with Crippen molar-refractivity contribution in [3.8, 4) is 11.5 Å². The molecule has 0 unspecified atom stereocenters. The number of aromatic carboxylic acids is 1. The molecule has 124 valence electrons. The summed E-state index contributed by atoms with van der Waals surface area (Å²) in [5.41, 5.74) is 2.77. The molecular weight excluding hydrogens is 292 g/mol. The lowest BCUT2D eigenvalue weighted by Crippen LogP contribution is -2.11. The van der Waals surface area contributed by atoms with Gasteiger partial charge in [0.25, 0.3) is 0 Å². The maximum atomic E-state index is 11.6. The van der Waals surface area contributed by atoms with Crippen molar-refractivity contribution in [3.63, 3.8) is 0 Å². The van der Waals surface area contributed by atoms with Crippen LogP contribution in [0.1, 0.15) is 61.0 Å². The molecule has 0 amide bonds. The number of hydrogen-bond donors (Lipinski definition) is 3. The molecule has 1 aliphatic carbocycles. The largest absolute Gasteiger partial charge is 0.507 e.